The number of carbonyl (C=O) groups is 3. The van der Waals surface area contributed by atoms with Crippen LogP contribution < -0.4 is 10.1 Å². The minimum Gasteiger partial charge on any atom is -0.453 e. The number of urea groups is 1. The molecule has 3 aromatic heterocycles. The van der Waals surface area contributed by atoms with E-state index in [-0.39, 0.29) is 29.9 Å². The third-order valence-electron chi connectivity index (χ3n) is 7.65. The first-order chi connectivity index (χ1) is 20.9. The first kappa shape index (κ1) is 28.7. The Morgan fingerprint density at radius 2 is 1.79 bits per heavy atom. The Morgan fingerprint density at radius 3 is 2.49 bits per heavy atom. The second-order valence-electron chi connectivity index (χ2n) is 10.9. The Labute approximate surface area is 252 Å². The Morgan fingerprint density at radius 1 is 1.00 bits per heavy atom. The third kappa shape index (κ3) is 6.67. The molecule has 0 bridgehead atoms. The zero-order valence-electron chi connectivity index (χ0n) is 23.8. The molecule has 11 heteroatoms. The van der Waals surface area contributed by atoms with Gasteiger partial charge in [0, 0.05) is 64.0 Å². The number of nitrogens with zero attached hydrogens (tertiary/aromatic N) is 4. The number of rotatable bonds is 9. The number of aromatic nitrogens is 2. The van der Waals surface area contributed by atoms with E-state index in [1.807, 2.05) is 13.0 Å². The summed E-state index contributed by atoms with van der Waals surface area (Å²) in [5.74, 6) is 0.549. The van der Waals surface area contributed by atoms with Crippen LogP contribution in [0.15, 0.2) is 54.9 Å². The van der Waals surface area contributed by atoms with Gasteiger partial charge in [0.25, 0.3) is 5.91 Å². The molecule has 1 aliphatic carbocycles. The van der Waals surface area contributed by atoms with E-state index in [2.05, 4.69) is 15.3 Å². The molecule has 2 fully saturated rings. The minimum absolute atomic E-state index is 0.0775. The summed E-state index contributed by atoms with van der Waals surface area (Å²) in [5, 5.41) is 2.79. The maximum absolute atomic E-state index is 14.9. The molecular weight excluding hydrogens is 569 g/mol. The Bertz CT molecular complexity index is 1660. The van der Waals surface area contributed by atoms with Gasteiger partial charge < -0.3 is 19.9 Å². The van der Waals surface area contributed by atoms with Gasteiger partial charge in [-0.1, -0.05) is 6.07 Å². The fraction of sp³-hybridized carbons (Fsp3) is 0.344. The molecule has 4 aromatic rings. The molecule has 1 aliphatic heterocycles. The Hall–Kier alpha value is -4.38. The number of ether oxygens (including phenoxy) is 1. The van der Waals surface area contributed by atoms with Gasteiger partial charge in [0.1, 0.15) is 11.5 Å². The van der Waals surface area contributed by atoms with Crippen molar-refractivity contribution >= 4 is 39.3 Å². The summed E-state index contributed by atoms with van der Waals surface area (Å²) in [6.45, 7) is 4.33. The number of hydrogen-bond acceptors (Lipinski definition) is 7. The van der Waals surface area contributed by atoms with Crippen LogP contribution in [0.4, 0.5) is 9.18 Å². The highest BCUT2D eigenvalue weighted by Crippen LogP contribution is 2.39. The Kier molecular flexibility index (Phi) is 8.33. The zero-order chi connectivity index (χ0) is 29.9. The number of thiophene rings is 1. The van der Waals surface area contributed by atoms with Gasteiger partial charge in [-0.15, -0.1) is 11.3 Å². The van der Waals surface area contributed by atoms with Crippen molar-refractivity contribution in [1.82, 2.24) is 25.1 Å². The Balaban J connectivity index is 1.12. The summed E-state index contributed by atoms with van der Waals surface area (Å²) in [6.07, 6.45) is 6.19. The summed E-state index contributed by atoms with van der Waals surface area (Å²) in [7, 11) is 0. The van der Waals surface area contributed by atoms with E-state index in [1.54, 1.807) is 52.5 Å². The average Bonchev–Trinajstić information content (AvgIpc) is 3.71. The largest absolute Gasteiger partial charge is 0.453 e. The highest BCUT2D eigenvalue weighted by atomic mass is 32.1. The van der Waals surface area contributed by atoms with Crippen LogP contribution in [0.3, 0.4) is 0 Å². The van der Waals surface area contributed by atoms with E-state index >= 15 is 0 Å². The summed E-state index contributed by atoms with van der Waals surface area (Å²) in [5.41, 5.74) is 2.49. The maximum atomic E-state index is 14.9. The van der Waals surface area contributed by atoms with E-state index in [4.69, 9.17) is 4.74 Å². The number of halogens is 1. The van der Waals surface area contributed by atoms with E-state index in [0.717, 1.165) is 22.4 Å². The number of carbonyl (C=O) groups excluding carboxylic acids is 3. The molecule has 0 radical (unpaired) electrons. The number of Topliss-reactive ketones (excluding diaryl/α,β-unsaturated/α-hetero) is 1. The van der Waals surface area contributed by atoms with Crippen LogP contribution in [0.5, 0.6) is 11.5 Å². The summed E-state index contributed by atoms with van der Waals surface area (Å²) in [4.78, 5) is 50.6. The lowest BCUT2D eigenvalue weighted by Gasteiger charge is -2.34. The quantitative estimate of drug-likeness (QED) is 0.264. The number of hydrogen-bond donors (Lipinski definition) is 1. The molecule has 0 unspecified atom stereocenters. The predicted molar refractivity (Wildman–Crippen MR) is 162 cm³/mol. The fourth-order valence-corrected chi connectivity index (χ4v) is 6.19. The fourth-order valence-electron chi connectivity index (χ4n) is 5.15. The van der Waals surface area contributed by atoms with Gasteiger partial charge in [-0.25, -0.2) is 9.18 Å². The number of amides is 3. The van der Waals surface area contributed by atoms with Crippen LogP contribution in [0.2, 0.25) is 0 Å². The van der Waals surface area contributed by atoms with Crippen molar-refractivity contribution in [3.8, 4) is 22.1 Å². The van der Waals surface area contributed by atoms with Crippen molar-refractivity contribution in [2.75, 3.05) is 32.7 Å². The highest BCUT2D eigenvalue weighted by molar-refractivity contribution is 7.22. The van der Waals surface area contributed by atoms with Gasteiger partial charge in [0.15, 0.2) is 11.6 Å². The van der Waals surface area contributed by atoms with Crippen molar-refractivity contribution in [3.05, 3.63) is 71.8 Å². The zero-order valence-corrected chi connectivity index (χ0v) is 24.7. The first-order valence-corrected chi connectivity index (χ1v) is 15.3. The highest BCUT2D eigenvalue weighted by Gasteiger charge is 2.26. The van der Waals surface area contributed by atoms with Crippen molar-refractivity contribution in [2.24, 2.45) is 5.92 Å². The van der Waals surface area contributed by atoms with Crippen molar-refractivity contribution in [3.63, 3.8) is 0 Å². The van der Waals surface area contributed by atoms with Gasteiger partial charge in [-0.05, 0) is 61.6 Å². The lowest BCUT2D eigenvalue weighted by molar-refractivity contribution is -0.118. The molecule has 2 aliphatic rings. The number of pyridine rings is 2. The van der Waals surface area contributed by atoms with E-state index < -0.39 is 5.82 Å². The van der Waals surface area contributed by atoms with Crippen LogP contribution in [0.25, 0.3) is 20.8 Å². The molecule has 6 rings (SSSR count). The second-order valence-corrected chi connectivity index (χ2v) is 12.0. The molecule has 0 atom stereocenters. The smallest absolute Gasteiger partial charge is 0.317 e. The first-order valence-electron chi connectivity index (χ1n) is 14.5. The van der Waals surface area contributed by atoms with Gasteiger partial charge in [0.2, 0.25) is 0 Å². The maximum Gasteiger partial charge on any atom is 0.317 e. The van der Waals surface area contributed by atoms with Crippen LogP contribution in [-0.4, -0.2) is 70.2 Å². The van der Waals surface area contributed by atoms with Crippen LogP contribution in [0, 0.1) is 11.7 Å². The second kappa shape index (κ2) is 12.5. The van der Waals surface area contributed by atoms with Gasteiger partial charge >= 0.3 is 6.03 Å². The van der Waals surface area contributed by atoms with Crippen molar-refractivity contribution < 1.29 is 23.5 Å². The van der Waals surface area contributed by atoms with Crippen molar-refractivity contribution in [1.29, 1.82) is 0 Å². The normalized spacial score (nSPS) is 15.0. The van der Waals surface area contributed by atoms with Gasteiger partial charge in [-0.2, -0.15) is 0 Å². The standard InChI is InChI=1S/C32H32FN5O4S/c1-2-34-32(41)38-13-11-37(12-14-38)31(40)22-6-7-25(36-19-22)29-18-26-30(43-29)28(9-10-35-26)42-27-8-5-21(17-24(27)33)16-23(39)15-20-3-4-20/h5-10,17-20H,2-4,11-16H2,1H3,(H,34,41). The molecule has 43 heavy (non-hydrogen) atoms. The molecule has 0 spiro atoms. The number of nitrogens with one attached hydrogen (secondary N) is 1. The number of ketones is 1. The number of fused-ring (bicyclic) bond motifs is 1. The number of benzene rings is 1. The molecule has 3 amide bonds. The molecule has 1 N–H and O–H groups in total. The molecule has 1 saturated carbocycles. The van der Waals surface area contributed by atoms with Crippen LogP contribution in [0.1, 0.15) is 42.1 Å². The van der Waals surface area contributed by atoms with Gasteiger partial charge in [-0.3, -0.25) is 19.6 Å². The molecule has 1 saturated heterocycles. The third-order valence-corrected chi connectivity index (χ3v) is 8.81. The summed E-state index contributed by atoms with van der Waals surface area (Å²) in [6, 6.07) is 11.7. The monoisotopic (exact) mass is 601 g/mol. The average molecular weight is 602 g/mol. The SMILES string of the molecule is CCNC(=O)N1CCN(C(=O)c2ccc(-c3cc4nccc(Oc5ccc(CC(=O)CC6CC6)cc5F)c4s3)nc2)CC1. The van der Waals surface area contributed by atoms with E-state index in [1.165, 1.54) is 17.4 Å². The topological polar surface area (TPSA) is 105 Å². The summed E-state index contributed by atoms with van der Waals surface area (Å²) < 4.78 is 21.7. The van der Waals surface area contributed by atoms with E-state index in [9.17, 15) is 18.8 Å². The lowest BCUT2D eigenvalue weighted by atomic mass is 10.0. The van der Waals surface area contributed by atoms with Crippen LogP contribution in [-0.2, 0) is 11.2 Å². The minimum atomic E-state index is -0.522. The predicted octanol–water partition coefficient (Wildman–Crippen LogP) is 5.69. The molecule has 9 nitrogen and oxygen atoms in total. The summed E-state index contributed by atoms with van der Waals surface area (Å²) >= 11 is 1.42. The van der Waals surface area contributed by atoms with Gasteiger partial charge in [0.05, 0.1) is 26.4 Å². The molecule has 222 valence electrons. The number of piperazine rings is 1. The van der Waals surface area contributed by atoms with Crippen LogP contribution >= 0.6 is 11.3 Å². The molecular formula is C32H32FN5O4S. The van der Waals surface area contributed by atoms with E-state index in [0.29, 0.717) is 73.1 Å². The lowest BCUT2D eigenvalue weighted by Crippen LogP contribution is -2.53. The molecule has 4 heterocycles. The molecule has 1 aromatic carbocycles. The van der Waals surface area contributed by atoms with Crippen molar-refractivity contribution in [2.45, 2.75) is 32.6 Å².